The number of hydrogen-bond donors (Lipinski definition) is 3. The van der Waals surface area contributed by atoms with E-state index in [9.17, 15) is 18.0 Å². The van der Waals surface area contributed by atoms with Crippen molar-refractivity contribution in [2.24, 2.45) is 0 Å². The molecule has 1 fully saturated rings. The Labute approximate surface area is 205 Å². The van der Waals surface area contributed by atoms with Gasteiger partial charge >= 0.3 is 0 Å². The lowest BCUT2D eigenvalue weighted by Gasteiger charge is -2.27. The van der Waals surface area contributed by atoms with Crippen LogP contribution in [0.3, 0.4) is 0 Å². The van der Waals surface area contributed by atoms with Crippen LogP contribution in [0.1, 0.15) is 26.2 Å². The number of amides is 2. The van der Waals surface area contributed by atoms with Gasteiger partial charge in [-0.1, -0.05) is 13.0 Å². The van der Waals surface area contributed by atoms with E-state index in [1.54, 1.807) is 57.1 Å². The van der Waals surface area contributed by atoms with Crippen LogP contribution in [0.2, 0.25) is 0 Å². The van der Waals surface area contributed by atoms with Crippen molar-refractivity contribution < 1.29 is 18.0 Å². The second-order valence-electron chi connectivity index (χ2n) is 8.70. The molecule has 1 aromatic carbocycles. The van der Waals surface area contributed by atoms with Crippen LogP contribution in [-0.4, -0.2) is 71.8 Å². The van der Waals surface area contributed by atoms with E-state index in [-0.39, 0.29) is 23.1 Å². The maximum absolute atomic E-state index is 13.6. The predicted molar refractivity (Wildman–Crippen MR) is 134 cm³/mol. The quantitative estimate of drug-likeness (QED) is 0.433. The van der Waals surface area contributed by atoms with Crippen molar-refractivity contribution in [3.05, 3.63) is 48.8 Å². The van der Waals surface area contributed by atoms with E-state index in [1.807, 2.05) is 6.92 Å². The highest BCUT2D eigenvalue weighted by atomic mass is 32.2. The van der Waals surface area contributed by atoms with E-state index in [2.05, 4.69) is 9.71 Å². The summed E-state index contributed by atoms with van der Waals surface area (Å²) in [6.07, 6.45) is 4.77. The predicted octanol–water partition coefficient (Wildman–Crippen LogP) is 1.76. The lowest BCUT2D eigenvalue weighted by molar-refractivity contribution is -0.134. The summed E-state index contributed by atoms with van der Waals surface area (Å²) in [4.78, 5) is 32.3. The topological polar surface area (TPSA) is 134 Å². The van der Waals surface area contributed by atoms with Crippen molar-refractivity contribution >= 4 is 38.6 Å². The Bertz CT molecular complexity index is 1300. The molecule has 188 valence electrons. The summed E-state index contributed by atoms with van der Waals surface area (Å²) in [5.74, 6) is 0.296. The van der Waals surface area contributed by atoms with E-state index < -0.39 is 16.1 Å². The number of fused-ring (bicyclic) bond motifs is 1. The van der Waals surface area contributed by atoms with E-state index in [0.717, 1.165) is 0 Å². The van der Waals surface area contributed by atoms with Gasteiger partial charge in [-0.2, -0.15) is 4.72 Å². The van der Waals surface area contributed by atoms with Gasteiger partial charge in [0.1, 0.15) is 11.9 Å². The van der Waals surface area contributed by atoms with Gasteiger partial charge in [-0.25, -0.2) is 8.42 Å². The number of aryl methyl sites for hydroxylation is 1. The number of carbonyl (C=O) groups is 2. The Balaban J connectivity index is 1.57. The van der Waals surface area contributed by atoms with E-state index in [1.165, 1.54) is 6.07 Å². The third-order valence-corrected chi connectivity index (χ3v) is 7.96. The number of H-pyrrole nitrogens is 1. The molecule has 1 aliphatic heterocycles. The zero-order valence-corrected chi connectivity index (χ0v) is 20.6. The SMILES string of the molecule is CCC(=O)N1CCCN(C(=O)C(CCn2cccc2N)NS(=O)(=O)c2cccc3[nH]ccc23)CC1. The zero-order valence-electron chi connectivity index (χ0n) is 19.8. The standard InChI is InChI=1S/C24H32N6O4S/c1-2-23(31)29-13-5-14-30(17-16-29)24(32)20(10-15-28-12-4-8-22(28)25)27-35(33,34)21-7-3-6-19-18(21)9-11-26-19/h3-4,6-9,11-12,20,26-27H,2,5,10,13-17,25H2,1H3. The molecule has 0 saturated carbocycles. The maximum Gasteiger partial charge on any atom is 0.241 e. The highest BCUT2D eigenvalue weighted by Gasteiger charge is 2.31. The van der Waals surface area contributed by atoms with Crippen molar-refractivity contribution in [1.29, 1.82) is 0 Å². The van der Waals surface area contributed by atoms with Gasteiger partial charge in [0.05, 0.1) is 4.90 Å². The number of aromatic amines is 1. The fourth-order valence-corrected chi connectivity index (χ4v) is 5.95. The van der Waals surface area contributed by atoms with Crippen LogP contribution in [0.15, 0.2) is 53.7 Å². The van der Waals surface area contributed by atoms with Crippen molar-refractivity contribution in [3.63, 3.8) is 0 Å². The number of carbonyl (C=O) groups excluding carboxylic acids is 2. The highest BCUT2D eigenvalue weighted by molar-refractivity contribution is 7.89. The molecule has 3 heterocycles. The summed E-state index contributed by atoms with van der Waals surface area (Å²) in [7, 11) is -4.00. The Morgan fingerprint density at radius 3 is 2.60 bits per heavy atom. The molecule has 4 rings (SSSR count). The van der Waals surface area contributed by atoms with Crippen LogP contribution in [0.25, 0.3) is 10.9 Å². The van der Waals surface area contributed by atoms with Gasteiger partial charge in [-0.15, -0.1) is 0 Å². The largest absolute Gasteiger partial charge is 0.385 e. The first-order valence-electron chi connectivity index (χ1n) is 11.9. The second-order valence-corrected chi connectivity index (χ2v) is 10.4. The summed E-state index contributed by atoms with van der Waals surface area (Å²) in [5.41, 5.74) is 6.68. The number of anilines is 1. The average molecular weight is 501 g/mol. The number of aromatic nitrogens is 2. The lowest BCUT2D eigenvalue weighted by atomic mass is 10.2. The van der Waals surface area contributed by atoms with Crippen molar-refractivity contribution in [2.75, 3.05) is 31.9 Å². The molecule has 10 nitrogen and oxygen atoms in total. The zero-order chi connectivity index (χ0) is 25.0. The van der Waals surface area contributed by atoms with Gasteiger partial charge in [0.2, 0.25) is 21.8 Å². The first-order valence-corrected chi connectivity index (χ1v) is 13.3. The fourth-order valence-electron chi connectivity index (χ4n) is 4.50. The van der Waals surface area contributed by atoms with Gasteiger partial charge in [0.15, 0.2) is 0 Å². The van der Waals surface area contributed by atoms with Gasteiger partial charge < -0.3 is 25.1 Å². The molecule has 0 bridgehead atoms. The third-order valence-electron chi connectivity index (χ3n) is 6.43. The van der Waals surface area contributed by atoms with Gasteiger partial charge in [0.25, 0.3) is 0 Å². The number of benzene rings is 1. The Kier molecular flexibility index (Phi) is 7.46. The van der Waals surface area contributed by atoms with Gasteiger partial charge in [0, 0.05) is 62.4 Å². The van der Waals surface area contributed by atoms with Crippen LogP contribution in [0.4, 0.5) is 5.82 Å². The molecule has 0 spiro atoms. The lowest BCUT2D eigenvalue weighted by Crippen LogP contribution is -2.50. The number of nitrogens with one attached hydrogen (secondary N) is 2. The molecule has 3 aromatic rings. The molecule has 1 aliphatic rings. The van der Waals surface area contributed by atoms with Crippen LogP contribution >= 0.6 is 0 Å². The molecule has 35 heavy (non-hydrogen) atoms. The molecular formula is C24H32N6O4S. The normalized spacial score (nSPS) is 15.8. The highest BCUT2D eigenvalue weighted by Crippen LogP contribution is 2.23. The second kappa shape index (κ2) is 10.5. The number of nitrogens with zero attached hydrogens (tertiary/aromatic N) is 3. The summed E-state index contributed by atoms with van der Waals surface area (Å²) >= 11 is 0. The fraction of sp³-hybridized carbons (Fsp3) is 0.417. The first-order chi connectivity index (χ1) is 16.8. The number of nitrogens with two attached hydrogens (primary N) is 1. The van der Waals surface area contributed by atoms with Crippen molar-refractivity contribution in [1.82, 2.24) is 24.1 Å². The summed E-state index contributed by atoms with van der Waals surface area (Å²) in [6, 6.07) is 9.27. The molecule has 11 heteroatoms. The smallest absolute Gasteiger partial charge is 0.241 e. The average Bonchev–Trinajstić information content (AvgIpc) is 3.42. The van der Waals surface area contributed by atoms with Crippen LogP contribution < -0.4 is 10.5 Å². The number of nitrogen functional groups attached to an aromatic ring is 1. The molecule has 4 N–H and O–H groups in total. The van der Waals surface area contributed by atoms with E-state index in [4.69, 9.17) is 5.73 Å². The molecule has 2 aromatic heterocycles. The minimum Gasteiger partial charge on any atom is -0.385 e. The van der Waals surface area contributed by atoms with Gasteiger partial charge in [-0.3, -0.25) is 9.59 Å². The third kappa shape index (κ3) is 5.51. The first kappa shape index (κ1) is 24.8. The van der Waals surface area contributed by atoms with Crippen LogP contribution in [0, 0.1) is 0 Å². The number of sulfonamides is 1. The van der Waals surface area contributed by atoms with Crippen molar-refractivity contribution in [3.8, 4) is 0 Å². The molecule has 0 radical (unpaired) electrons. The molecule has 2 amide bonds. The minimum absolute atomic E-state index is 0.0548. The Hall–Kier alpha value is -3.31. The molecule has 0 aliphatic carbocycles. The Morgan fingerprint density at radius 1 is 1.09 bits per heavy atom. The van der Waals surface area contributed by atoms with Crippen molar-refractivity contribution in [2.45, 2.75) is 43.7 Å². The Morgan fingerprint density at radius 2 is 1.86 bits per heavy atom. The number of hydrogen-bond acceptors (Lipinski definition) is 5. The monoisotopic (exact) mass is 500 g/mol. The minimum atomic E-state index is -4.00. The number of rotatable bonds is 8. The van der Waals surface area contributed by atoms with Gasteiger partial charge in [-0.05, 0) is 43.2 Å². The van der Waals surface area contributed by atoms with E-state index >= 15 is 0 Å². The van der Waals surface area contributed by atoms with Crippen LogP contribution in [-0.2, 0) is 26.2 Å². The molecule has 1 saturated heterocycles. The molecule has 1 unspecified atom stereocenters. The van der Waals surface area contributed by atoms with Crippen LogP contribution in [0.5, 0.6) is 0 Å². The molecule has 1 atom stereocenters. The maximum atomic E-state index is 13.6. The summed E-state index contributed by atoms with van der Waals surface area (Å²) < 4.78 is 31.3. The van der Waals surface area contributed by atoms with E-state index in [0.29, 0.717) is 62.3 Å². The summed E-state index contributed by atoms with van der Waals surface area (Å²) in [5, 5.41) is 0.560. The summed E-state index contributed by atoms with van der Waals surface area (Å²) in [6.45, 7) is 4.04. The molecular weight excluding hydrogens is 468 g/mol.